The molecule has 25 heavy (non-hydrogen) atoms. The number of carboxylic acid groups (broad SMARTS) is 1. The van der Waals surface area contributed by atoms with Gasteiger partial charge >= 0.3 is 5.97 Å². The number of sulfonamides is 1. The maximum atomic E-state index is 12.7. The van der Waals surface area contributed by atoms with Crippen LogP contribution in [-0.2, 0) is 23.0 Å². The first-order chi connectivity index (χ1) is 11.9. The molecule has 0 saturated carbocycles. The van der Waals surface area contributed by atoms with Crippen LogP contribution in [0.25, 0.3) is 0 Å². The van der Waals surface area contributed by atoms with E-state index < -0.39 is 16.0 Å². The predicted molar refractivity (Wildman–Crippen MR) is 96.7 cm³/mol. The maximum absolute atomic E-state index is 12.7. The van der Waals surface area contributed by atoms with Crippen molar-refractivity contribution in [2.75, 3.05) is 13.1 Å². The van der Waals surface area contributed by atoms with Crippen molar-refractivity contribution in [2.24, 2.45) is 0 Å². The third-order valence-electron chi connectivity index (χ3n) is 4.30. The van der Waals surface area contributed by atoms with Crippen molar-refractivity contribution >= 4 is 27.3 Å². The fourth-order valence-electron chi connectivity index (χ4n) is 2.91. The van der Waals surface area contributed by atoms with Gasteiger partial charge in [0.1, 0.15) is 4.21 Å². The minimum absolute atomic E-state index is 0.0134. The third-order valence-corrected chi connectivity index (χ3v) is 7.48. The molecule has 1 aliphatic heterocycles. The van der Waals surface area contributed by atoms with Gasteiger partial charge in [-0.15, -0.1) is 11.3 Å². The van der Waals surface area contributed by atoms with E-state index in [2.05, 4.69) is 10.0 Å². The zero-order chi connectivity index (χ0) is 18.0. The summed E-state index contributed by atoms with van der Waals surface area (Å²) in [6.07, 6.45) is 0.531. The van der Waals surface area contributed by atoms with E-state index in [1.807, 2.05) is 37.3 Å². The zero-order valence-electron chi connectivity index (χ0n) is 13.8. The quantitative estimate of drug-likeness (QED) is 0.714. The molecule has 1 aliphatic rings. The Morgan fingerprint density at radius 1 is 1.36 bits per heavy atom. The summed E-state index contributed by atoms with van der Waals surface area (Å²) in [7, 11) is -3.87. The van der Waals surface area contributed by atoms with Gasteiger partial charge in [0.15, 0.2) is 0 Å². The van der Waals surface area contributed by atoms with Crippen molar-refractivity contribution < 1.29 is 18.3 Å². The lowest BCUT2D eigenvalue weighted by Gasteiger charge is -2.13. The number of carbonyl (C=O) groups is 1. The molecule has 0 saturated heterocycles. The van der Waals surface area contributed by atoms with Gasteiger partial charge in [-0.3, -0.25) is 0 Å². The average molecular weight is 380 g/mol. The number of carboxylic acids is 1. The van der Waals surface area contributed by atoms with Crippen molar-refractivity contribution in [1.82, 2.24) is 10.0 Å². The van der Waals surface area contributed by atoms with E-state index >= 15 is 0 Å². The molecule has 1 aromatic heterocycles. The summed E-state index contributed by atoms with van der Waals surface area (Å²) in [5.74, 6) is -1.20. The molecule has 134 valence electrons. The maximum Gasteiger partial charge on any atom is 0.338 e. The molecule has 8 heteroatoms. The Labute approximate surface area is 150 Å². The highest BCUT2D eigenvalue weighted by Gasteiger charge is 2.31. The van der Waals surface area contributed by atoms with E-state index in [9.17, 15) is 18.3 Å². The Kier molecular flexibility index (Phi) is 5.24. The Balaban J connectivity index is 1.85. The van der Waals surface area contributed by atoms with E-state index in [0.717, 1.165) is 21.8 Å². The minimum Gasteiger partial charge on any atom is -0.478 e. The molecule has 0 bridgehead atoms. The number of aromatic carboxylic acids is 1. The highest BCUT2D eigenvalue weighted by Crippen LogP contribution is 2.34. The second kappa shape index (κ2) is 7.25. The van der Waals surface area contributed by atoms with Crippen molar-refractivity contribution in [3.63, 3.8) is 0 Å². The Bertz CT molecular complexity index is 876. The molecular formula is C17H20N2O4S2. The summed E-state index contributed by atoms with van der Waals surface area (Å²) in [5, 5.41) is 12.7. The molecule has 0 spiro atoms. The number of rotatable bonds is 6. The van der Waals surface area contributed by atoms with Gasteiger partial charge in [-0.1, -0.05) is 37.3 Å². The van der Waals surface area contributed by atoms with Crippen LogP contribution >= 0.6 is 11.3 Å². The molecule has 2 aromatic rings. The third kappa shape index (κ3) is 3.77. The summed E-state index contributed by atoms with van der Waals surface area (Å²) in [5.41, 5.74) is 1.60. The van der Waals surface area contributed by atoms with Crippen molar-refractivity contribution in [2.45, 2.75) is 30.0 Å². The Morgan fingerprint density at radius 2 is 2.08 bits per heavy atom. The van der Waals surface area contributed by atoms with Crippen LogP contribution in [0.15, 0.2) is 34.5 Å². The largest absolute Gasteiger partial charge is 0.478 e. The van der Waals surface area contributed by atoms with Gasteiger partial charge in [-0.25, -0.2) is 17.9 Å². The molecule has 1 aromatic carbocycles. The minimum atomic E-state index is -3.87. The standard InChI is InChI=1S/C17H20N2O4S2/c1-11(12-5-3-2-4-6-12)9-19-25(22,23)17-15(16(20)21)13-7-8-18-10-14(13)24-17/h2-6,11,18-19H,7-10H2,1H3,(H,20,21). The fraction of sp³-hybridized carbons (Fsp3) is 0.353. The highest BCUT2D eigenvalue weighted by molar-refractivity contribution is 7.91. The van der Waals surface area contributed by atoms with Crippen LogP contribution in [0.1, 0.15) is 39.2 Å². The first-order valence-corrected chi connectivity index (χ1v) is 10.3. The monoisotopic (exact) mass is 380 g/mol. The lowest BCUT2D eigenvalue weighted by molar-refractivity contribution is 0.0692. The summed E-state index contributed by atoms with van der Waals surface area (Å²) in [4.78, 5) is 12.4. The highest BCUT2D eigenvalue weighted by atomic mass is 32.2. The van der Waals surface area contributed by atoms with Gasteiger partial charge in [-0.2, -0.15) is 0 Å². The summed E-state index contributed by atoms with van der Waals surface area (Å²) < 4.78 is 27.9. The number of nitrogens with one attached hydrogen (secondary N) is 2. The zero-order valence-corrected chi connectivity index (χ0v) is 15.4. The molecule has 1 atom stereocenters. The molecule has 0 amide bonds. The molecule has 2 heterocycles. The summed E-state index contributed by atoms with van der Waals surface area (Å²) in [6, 6.07) is 9.60. The van der Waals surface area contributed by atoms with Gasteiger partial charge in [0.2, 0.25) is 0 Å². The van der Waals surface area contributed by atoms with Crippen LogP contribution in [0, 0.1) is 0 Å². The van der Waals surface area contributed by atoms with Crippen molar-refractivity contribution in [3.8, 4) is 0 Å². The van der Waals surface area contributed by atoms with E-state index in [4.69, 9.17) is 0 Å². The molecule has 0 fully saturated rings. The second-order valence-electron chi connectivity index (χ2n) is 6.06. The number of hydrogen-bond acceptors (Lipinski definition) is 5. The number of benzene rings is 1. The number of fused-ring (bicyclic) bond motifs is 1. The van der Waals surface area contributed by atoms with E-state index in [1.165, 1.54) is 0 Å². The first kappa shape index (κ1) is 18.1. The van der Waals surface area contributed by atoms with E-state index in [-0.39, 0.29) is 22.2 Å². The summed E-state index contributed by atoms with van der Waals surface area (Å²) >= 11 is 1.05. The number of thiophene rings is 1. The lowest BCUT2D eigenvalue weighted by Crippen LogP contribution is -2.28. The van der Waals surface area contributed by atoms with Gasteiger partial charge < -0.3 is 10.4 Å². The molecular weight excluding hydrogens is 360 g/mol. The molecule has 3 N–H and O–H groups in total. The van der Waals surface area contributed by atoms with E-state index in [1.54, 1.807) is 0 Å². The topological polar surface area (TPSA) is 95.5 Å². The fourth-order valence-corrected chi connectivity index (χ4v) is 5.95. The molecule has 0 radical (unpaired) electrons. The molecule has 6 nitrogen and oxygen atoms in total. The average Bonchev–Trinajstić information content (AvgIpc) is 3.01. The molecule has 1 unspecified atom stereocenters. The molecule has 3 rings (SSSR count). The van der Waals surface area contributed by atoms with Crippen molar-refractivity contribution in [1.29, 1.82) is 0 Å². The lowest BCUT2D eigenvalue weighted by atomic mass is 10.0. The molecule has 0 aliphatic carbocycles. The van der Waals surface area contributed by atoms with Gasteiger partial charge in [0.05, 0.1) is 5.56 Å². The Hall–Kier alpha value is -1.74. The van der Waals surface area contributed by atoms with Gasteiger partial charge in [0, 0.05) is 18.0 Å². The van der Waals surface area contributed by atoms with Crippen LogP contribution in [0.3, 0.4) is 0 Å². The van der Waals surface area contributed by atoms with E-state index in [0.29, 0.717) is 25.1 Å². The van der Waals surface area contributed by atoms with Crippen LogP contribution in [-0.4, -0.2) is 32.6 Å². The van der Waals surface area contributed by atoms with Crippen molar-refractivity contribution in [3.05, 3.63) is 51.9 Å². The summed E-state index contributed by atoms with van der Waals surface area (Å²) in [6.45, 7) is 3.31. The van der Waals surface area contributed by atoms with Crippen LogP contribution < -0.4 is 10.0 Å². The second-order valence-corrected chi connectivity index (χ2v) is 9.13. The smallest absolute Gasteiger partial charge is 0.338 e. The van der Waals surface area contributed by atoms with Crippen LogP contribution in [0.5, 0.6) is 0 Å². The van der Waals surface area contributed by atoms with Gasteiger partial charge in [-0.05, 0) is 30.0 Å². The van der Waals surface area contributed by atoms with Crippen LogP contribution in [0.4, 0.5) is 0 Å². The van der Waals surface area contributed by atoms with Crippen LogP contribution in [0.2, 0.25) is 0 Å². The number of hydrogen-bond donors (Lipinski definition) is 3. The first-order valence-electron chi connectivity index (χ1n) is 8.03. The Morgan fingerprint density at radius 3 is 2.76 bits per heavy atom. The van der Waals surface area contributed by atoms with Gasteiger partial charge in [0.25, 0.3) is 10.0 Å². The normalized spacial score (nSPS) is 15.6. The SMILES string of the molecule is CC(CNS(=O)(=O)c1sc2c(c1C(=O)O)CCNC2)c1ccccc1. The predicted octanol–water partition coefficient (Wildman–Crippen LogP) is 2.17.